The molecule has 0 radical (unpaired) electrons. The van der Waals surface area contributed by atoms with E-state index in [1.165, 1.54) is 36.9 Å². The molecular formula is C20H18FNO6S. The molecule has 1 fully saturated rings. The van der Waals surface area contributed by atoms with Crippen molar-refractivity contribution in [3.05, 3.63) is 65.0 Å². The van der Waals surface area contributed by atoms with Crippen LogP contribution in [-0.4, -0.2) is 35.2 Å². The fraction of sp³-hybridized carbons (Fsp3) is 0.250. The average Bonchev–Trinajstić information content (AvgIpc) is 3.02. The Morgan fingerprint density at radius 3 is 2.52 bits per heavy atom. The summed E-state index contributed by atoms with van der Waals surface area (Å²) in [6.07, 6.45) is -2.80. The summed E-state index contributed by atoms with van der Waals surface area (Å²) < 4.78 is 22.5. The monoisotopic (exact) mass is 419 g/mol. The molecule has 7 nitrogen and oxygen atoms in total. The molecule has 1 aliphatic rings. The number of rotatable bonds is 5. The predicted octanol–water partition coefficient (Wildman–Crippen LogP) is 4.11. The SMILES string of the molecule is Cc1cc(C(=O)OC(C)OC(=O)O)ccc1N1C(=O)CSC1c1ccc(F)cc1. The molecule has 152 valence electrons. The molecule has 1 saturated heterocycles. The number of halogens is 1. The van der Waals surface area contributed by atoms with Gasteiger partial charge in [-0.2, -0.15) is 0 Å². The summed E-state index contributed by atoms with van der Waals surface area (Å²) in [6.45, 7) is 3.04. The van der Waals surface area contributed by atoms with Gasteiger partial charge in [-0.3, -0.25) is 9.69 Å². The lowest BCUT2D eigenvalue weighted by Crippen LogP contribution is -2.28. The van der Waals surface area contributed by atoms with Crippen LogP contribution in [0, 0.1) is 12.7 Å². The Hall–Kier alpha value is -3.07. The number of nitrogens with zero attached hydrogens (tertiary/aromatic N) is 1. The summed E-state index contributed by atoms with van der Waals surface area (Å²) in [7, 11) is 0. The molecule has 1 amide bonds. The van der Waals surface area contributed by atoms with Crippen LogP contribution in [0.15, 0.2) is 42.5 Å². The van der Waals surface area contributed by atoms with Gasteiger partial charge < -0.3 is 14.6 Å². The van der Waals surface area contributed by atoms with Crippen molar-refractivity contribution in [3.63, 3.8) is 0 Å². The number of benzene rings is 2. The highest BCUT2D eigenvalue weighted by molar-refractivity contribution is 8.00. The first-order chi connectivity index (χ1) is 13.8. The maximum atomic E-state index is 13.2. The molecule has 2 unspecified atom stereocenters. The Balaban J connectivity index is 1.83. The van der Waals surface area contributed by atoms with Gasteiger partial charge in [0, 0.05) is 12.6 Å². The van der Waals surface area contributed by atoms with Gasteiger partial charge in [0.05, 0.1) is 11.3 Å². The van der Waals surface area contributed by atoms with E-state index in [0.717, 1.165) is 5.56 Å². The molecule has 29 heavy (non-hydrogen) atoms. The standard InChI is InChI=1S/C20H18FNO6S/c1-11-9-14(19(24)27-12(2)28-20(25)26)5-8-16(11)22-17(23)10-29-18(22)13-3-6-15(21)7-4-13/h3-9,12,18H,10H2,1-2H3,(H,25,26). The zero-order valence-electron chi connectivity index (χ0n) is 15.6. The molecule has 0 spiro atoms. The maximum Gasteiger partial charge on any atom is 0.508 e. The highest BCUT2D eigenvalue weighted by atomic mass is 32.2. The van der Waals surface area contributed by atoms with E-state index < -0.39 is 18.4 Å². The minimum atomic E-state index is -1.55. The Labute approximate surface area is 170 Å². The molecule has 1 heterocycles. The fourth-order valence-corrected chi connectivity index (χ4v) is 4.17. The lowest BCUT2D eigenvalue weighted by atomic mass is 10.1. The molecule has 0 aromatic heterocycles. The summed E-state index contributed by atoms with van der Waals surface area (Å²) in [4.78, 5) is 36.8. The van der Waals surface area contributed by atoms with Crippen LogP contribution in [0.1, 0.15) is 33.8 Å². The van der Waals surface area contributed by atoms with Crippen molar-refractivity contribution in [2.45, 2.75) is 25.5 Å². The summed E-state index contributed by atoms with van der Waals surface area (Å²) in [5.41, 5.74) is 2.28. The predicted molar refractivity (Wildman–Crippen MR) is 104 cm³/mol. The van der Waals surface area contributed by atoms with Crippen LogP contribution < -0.4 is 4.90 Å². The van der Waals surface area contributed by atoms with E-state index in [1.807, 2.05) is 0 Å². The third-order valence-electron chi connectivity index (χ3n) is 4.25. The molecule has 2 aromatic carbocycles. The van der Waals surface area contributed by atoms with E-state index in [-0.39, 0.29) is 28.4 Å². The van der Waals surface area contributed by atoms with Gasteiger partial charge in [0.1, 0.15) is 11.2 Å². The highest BCUT2D eigenvalue weighted by Crippen LogP contribution is 2.42. The number of carbonyl (C=O) groups is 3. The Bertz CT molecular complexity index is 948. The van der Waals surface area contributed by atoms with Gasteiger partial charge in [-0.25, -0.2) is 14.0 Å². The van der Waals surface area contributed by atoms with Crippen LogP contribution >= 0.6 is 11.8 Å². The number of amides is 1. The minimum absolute atomic E-state index is 0.0915. The van der Waals surface area contributed by atoms with Crippen molar-refractivity contribution in [2.75, 3.05) is 10.7 Å². The number of anilines is 1. The molecular weight excluding hydrogens is 401 g/mol. The van der Waals surface area contributed by atoms with Gasteiger partial charge in [0.15, 0.2) is 0 Å². The zero-order chi connectivity index (χ0) is 21.1. The summed E-state index contributed by atoms with van der Waals surface area (Å²) in [5.74, 6) is -0.901. The first-order valence-corrected chi connectivity index (χ1v) is 9.71. The first-order valence-electron chi connectivity index (χ1n) is 8.66. The van der Waals surface area contributed by atoms with E-state index in [4.69, 9.17) is 9.84 Å². The molecule has 3 rings (SSSR count). The van der Waals surface area contributed by atoms with Crippen molar-refractivity contribution < 1.29 is 33.4 Å². The van der Waals surface area contributed by atoms with E-state index >= 15 is 0 Å². The Morgan fingerprint density at radius 2 is 1.90 bits per heavy atom. The normalized spacial score (nSPS) is 17.1. The minimum Gasteiger partial charge on any atom is -0.450 e. The number of hydrogen-bond acceptors (Lipinski definition) is 6. The maximum absolute atomic E-state index is 13.2. The number of hydrogen-bond donors (Lipinski definition) is 1. The van der Waals surface area contributed by atoms with Gasteiger partial charge >= 0.3 is 12.1 Å². The van der Waals surface area contributed by atoms with Crippen LogP contribution in [0.5, 0.6) is 0 Å². The third kappa shape index (κ3) is 4.68. The van der Waals surface area contributed by atoms with Crippen LogP contribution in [-0.2, 0) is 14.3 Å². The molecule has 0 saturated carbocycles. The average molecular weight is 419 g/mol. The van der Waals surface area contributed by atoms with Crippen molar-refractivity contribution in [2.24, 2.45) is 0 Å². The first kappa shape index (κ1) is 20.7. The second-order valence-corrected chi connectivity index (χ2v) is 7.41. The second kappa shape index (κ2) is 8.52. The quantitative estimate of drug-likeness (QED) is 0.576. The van der Waals surface area contributed by atoms with Crippen LogP contribution in [0.4, 0.5) is 14.9 Å². The number of ether oxygens (including phenoxy) is 2. The number of esters is 1. The molecule has 1 aliphatic heterocycles. The molecule has 0 bridgehead atoms. The van der Waals surface area contributed by atoms with E-state index in [2.05, 4.69) is 4.74 Å². The largest absolute Gasteiger partial charge is 0.508 e. The highest BCUT2D eigenvalue weighted by Gasteiger charge is 2.35. The summed E-state index contributed by atoms with van der Waals surface area (Å²) in [5, 5.41) is 8.25. The van der Waals surface area contributed by atoms with Crippen molar-refractivity contribution >= 4 is 35.5 Å². The van der Waals surface area contributed by atoms with Gasteiger partial charge in [-0.05, 0) is 48.4 Å². The van der Waals surface area contributed by atoms with Gasteiger partial charge in [-0.15, -0.1) is 11.8 Å². The lowest BCUT2D eigenvalue weighted by molar-refractivity contribution is -0.115. The topological polar surface area (TPSA) is 93.1 Å². The molecule has 2 aromatic rings. The summed E-state index contributed by atoms with van der Waals surface area (Å²) >= 11 is 1.44. The van der Waals surface area contributed by atoms with E-state index in [1.54, 1.807) is 36.1 Å². The van der Waals surface area contributed by atoms with Crippen molar-refractivity contribution in [1.29, 1.82) is 0 Å². The molecule has 2 atom stereocenters. The molecule has 0 aliphatic carbocycles. The third-order valence-corrected chi connectivity index (χ3v) is 5.47. The second-order valence-electron chi connectivity index (χ2n) is 6.34. The molecule has 9 heteroatoms. The molecule has 1 N–H and O–H groups in total. The van der Waals surface area contributed by atoms with E-state index in [0.29, 0.717) is 11.3 Å². The van der Waals surface area contributed by atoms with Crippen molar-refractivity contribution in [1.82, 2.24) is 0 Å². The van der Waals surface area contributed by atoms with Crippen LogP contribution in [0.3, 0.4) is 0 Å². The summed E-state index contributed by atoms with van der Waals surface area (Å²) in [6, 6.07) is 10.7. The lowest BCUT2D eigenvalue weighted by Gasteiger charge is -2.26. The van der Waals surface area contributed by atoms with Gasteiger partial charge in [-0.1, -0.05) is 12.1 Å². The number of aryl methyl sites for hydroxylation is 1. The van der Waals surface area contributed by atoms with Crippen LogP contribution in [0.25, 0.3) is 0 Å². The van der Waals surface area contributed by atoms with Gasteiger partial charge in [0.25, 0.3) is 0 Å². The Morgan fingerprint density at radius 1 is 1.21 bits per heavy atom. The fourth-order valence-electron chi connectivity index (χ4n) is 3.00. The van der Waals surface area contributed by atoms with E-state index in [9.17, 15) is 18.8 Å². The van der Waals surface area contributed by atoms with Crippen LogP contribution in [0.2, 0.25) is 0 Å². The van der Waals surface area contributed by atoms with Crippen molar-refractivity contribution in [3.8, 4) is 0 Å². The van der Waals surface area contributed by atoms with Gasteiger partial charge in [0.2, 0.25) is 12.2 Å². The Kier molecular flexibility index (Phi) is 6.07. The number of carbonyl (C=O) groups excluding carboxylic acids is 2. The zero-order valence-corrected chi connectivity index (χ0v) is 16.4. The number of carboxylic acid groups (broad SMARTS) is 1. The number of thioether (sulfide) groups is 1. The smallest absolute Gasteiger partial charge is 0.450 e.